The molecule has 3 aromatic rings. The number of halogens is 3. The third kappa shape index (κ3) is 8.07. The number of nitrogens with zero attached hydrogens (tertiary/aromatic N) is 2. The van der Waals surface area contributed by atoms with E-state index in [1.807, 2.05) is 6.92 Å². The molecule has 0 unspecified atom stereocenters. The molecule has 0 aromatic heterocycles. The smallest absolute Gasteiger partial charge is 0.264 e. The Morgan fingerprint density at radius 1 is 0.927 bits per heavy atom. The largest absolute Gasteiger partial charge is 0.495 e. The normalized spacial score (nSPS) is 12.1. The molecule has 1 atom stereocenters. The van der Waals surface area contributed by atoms with Gasteiger partial charge in [0.1, 0.15) is 18.3 Å². The summed E-state index contributed by atoms with van der Waals surface area (Å²) in [6.07, 6.45) is 0. The molecule has 0 aliphatic carbocycles. The highest BCUT2D eigenvalue weighted by molar-refractivity contribution is 7.92. The molecule has 0 aliphatic heterocycles. The van der Waals surface area contributed by atoms with Crippen LogP contribution in [0.1, 0.15) is 31.9 Å². The molecule has 8 nitrogen and oxygen atoms in total. The van der Waals surface area contributed by atoms with Crippen molar-refractivity contribution in [2.24, 2.45) is 0 Å². The van der Waals surface area contributed by atoms with E-state index in [-0.39, 0.29) is 33.9 Å². The van der Waals surface area contributed by atoms with Crippen molar-refractivity contribution >= 4 is 62.3 Å². The summed E-state index contributed by atoms with van der Waals surface area (Å²) in [5.74, 6) is -0.873. The minimum absolute atomic E-state index is 0.0316. The van der Waals surface area contributed by atoms with Crippen LogP contribution >= 0.6 is 34.8 Å². The summed E-state index contributed by atoms with van der Waals surface area (Å²) in [4.78, 5) is 28.4. The minimum Gasteiger partial charge on any atom is -0.495 e. The minimum atomic E-state index is -4.30. The lowest BCUT2D eigenvalue weighted by Gasteiger charge is -2.33. The fourth-order valence-electron chi connectivity index (χ4n) is 4.03. The van der Waals surface area contributed by atoms with E-state index >= 15 is 0 Å². The van der Waals surface area contributed by atoms with Gasteiger partial charge in [-0.15, -0.1) is 0 Å². The Hall–Kier alpha value is -2.98. The maximum absolute atomic E-state index is 14.1. The molecule has 0 heterocycles. The fraction of sp³-hybridized carbons (Fsp3) is 0.310. The summed E-state index contributed by atoms with van der Waals surface area (Å²) < 4.78 is 34.4. The van der Waals surface area contributed by atoms with Crippen molar-refractivity contribution in [2.75, 3.05) is 18.0 Å². The summed E-state index contributed by atoms with van der Waals surface area (Å²) in [5, 5.41) is 3.75. The number of hydrogen-bond donors (Lipinski definition) is 1. The lowest BCUT2D eigenvalue weighted by molar-refractivity contribution is -0.139. The quantitative estimate of drug-likeness (QED) is 0.273. The van der Waals surface area contributed by atoms with Gasteiger partial charge in [0.2, 0.25) is 11.8 Å². The van der Waals surface area contributed by atoms with E-state index in [9.17, 15) is 18.0 Å². The first kappa shape index (κ1) is 32.5. The van der Waals surface area contributed by atoms with Crippen LogP contribution in [-0.2, 0) is 26.2 Å². The van der Waals surface area contributed by atoms with Crippen LogP contribution in [0.25, 0.3) is 0 Å². The Kier molecular flexibility index (Phi) is 10.9. The second-order valence-corrected chi connectivity index (χ2v) is 12.9. The van der Waals surface area contributed by atoms with Crippen molar-refractivity contribution in [3.63, 3.8) is 0 Å². The van der Waals surface area contributed by atoms with E-state index in [4.69, 9.17) is 39.5 Å². The summed E-state index contributed by atoms with van der Waals surface area (Å²) in [6, 6.07) is 14.4. The first-order valence-corrected chi connectivity index (χ1v) is 15.3. The van der Waals surface area contributed by atoms with E-state index in [1.165, 1.54) is 42.3 Å². The summed E-state index contributed by atoms with van der Waals surface area (Å²) in [6.45, 7) is 6.27. The first-order chi connectivity index (χ1) is 19.2. The monoisotopic (exact) mass is 639 g/mol. The van der Waals surface area contributed by atoms with E-state index in [0.717, 1.165) is 9.87 Å². The van der Waals surface area contributed by atoms with Gasteiger partial charge in [0.05, 0.1) is 17.7 Å². The van der Waals surface area contributed by atoms with Crippen molar-refractivity contribution in [3.8, 4) is 5.75 Å². The summed E-state index contributed by atoms with van der Waals surface area (Å²) in [5.41, 5.74) is 1.46. The summed E-state index contributed by atoms with van der Waals surface area (Å²) >= 11 is 18.7. The van der Waals surface area contributed by atoms with E-state index in [2.05, 4.69) is 5.32 Å². The molecule has 12 heteroatoms. The molecular weight excluding hydrogens is 609 g/mol. The number of ether oxygens (including phenoxy) is 1. The predicted molar refractivity (Wildman–Crippen MR) is 163 cm³/mol. The molecule has 0 aliphatic rings. The third-order valence-electron chi connectivity index (χ3n) is 6.25. The molecule has 0 saturated carbocycles. The molecule has 41 heavy (non-hydrogen) atoms. The van der Waals surface area contributed by atoms with E-state index in [0.29, 0.717) is 15.6 Å². The van der Waals surface area contributed by atoms with E-state index < -0.39 is 34.4 Å². The average molecular weight is 641 g/mol. The number of nitrogens with one attached hydrogen (secondary N) is 1. The SMILES string of the molecule is COc1ccc(Cl)cc1N(CC(=O)N(Cc1ccc(Cl)cc1Cl)[C@H](C)C(=O)NC(C)C)S(=O)(=O)c1ccc(C)cc1. The van der Waals surface area contributed by atoms with E-state index in [1.54, 1.807) is 51.1 Å². The maximum atomic E-state index is 14.1. The Morgan fingerprint density at radius 2 is 1.54 bits per heavy atom. The number of anilines is 1. The van der Waals surface area contributed by atoms with Gasteiger partial charge in [-0.1, -0.05) is 58.6 Å². The van der Waals surface area contributed by atoms with Crippen LogP contribution in [-0.4, -0.2) is 50.9 Å². The first-order valence-electron chi connectivity index (χ1n) is 12.7. The van der Waals surface area contributed by atoms with Gasteiger partial charge in [0.15, 0.2) is 0 Å². The highest BCUT2D eigenvalue weighted by Crippen LogP contribution is 2.35. The fourth-order valence-corrected chi connectivity index (χ4v) is 6.08. The number of hydrogen-bond acceptors (Lipinski definition) is 5. The van der Waals surface area contributed by atoms with Gasteiger partial charge in [0.25, 0.3) is 10.0 Å². The zero-order chi connectivity index (χ0) is 30.5. The number of benzene rings is 3. The molecule has 2 amide bonds. The van der Waals surface area contributed by atoms with Crippen molar-refractivity contribution in [1.82, 2.24) is 10.2 Å². The van der Waals surface area contributed by atoms with Gasteiger partial charge < -0.3 is 15.0 Å². The zero-order valence-corrected chi connectivity index (χ0v) is 26.4. The second kappa shape index (κ2) is 13.8. The topological polar surface area (TPSA) is 96.0 Å². The van der Waals surface area contributed by atoms with Crippen molar-refractivity contribution in [1.29, 1.82) is 0 Å². The number of sulfonamides is 1. The van der Waals surface area contributed by atoms with Crippen LogP contribution in [0.5, 0.6) is 5.75 Å². The number of methoxy groups -OCH3 is 1. The summed E-state index contributed by atoms with van der Waals surface area (Å²) in [7, 11) is -2.91. The maximum Gasteiger partial charge on any atom is 0.264 e. The molecule has 220 valence electrons. The number of aryl methyl sites for hydroxylation is 1. The molecule has 3 aromatic carbocycles. The molecule has 0 spiro atoms. The van der Waals surface area contributed by atoms with Gasteiger partial charge in [0, 0.05) is 27.7 Å². The molecule has 3 rings (SSSR count). The average Bonchev–Trinajstić information content (AvgIpc) is 2.90. The number of carbonyl (C=O) groups is 2. The Morgan fingerprint density at radius 3 is 2.12 bits per heavy atom. The van der Waals surface area contributed by atoms with Gasteiger partial charge in [-0.05, 0) is 75.7 Å². The lowest BCUT2D eigenvalue weighted by Crippen LogP contribution is -2.52. The Labute approximate surface area is 256 Å². The lowest BCUT2D eigenvalue weighted by atomic mass is 10.1. The Balaban J connectivity index is 2.12. The molecule has 0 fully saturated rings. The third-order valence-corrected chi connectivity index (χ3v) is 8.85. The molecular formula is C29H32Cl3N3O5S. The van der Waals surface area contributed by atoms with Gasteiger partial charge in [-0.25, -0.2) is 8.42 Å². The van der Waals surface area contributed by atoms with Crippen LogP contribution in [0, 0.1) is 6.92 Å². The predicted octanol–water partition coefficient (Wildman–Crippen LogP) is 6.10. The molecule has 1 N–H and O–H groups in total. The number of rotatable bonds is 11. The second-order valence-electron chi connectivity index (χ2n) is 9.74. The number of carbonyl (C=O) groups excluding carboxylic acids is 2. The molecule has 0 saturated heterocycles. The van der Waals surface area contributed by atoms with Crippen LogP contribution in [0.15, 0.2) is 65.6 Å². The standard InChI is InChI=1S/C29H32Cl3N3O5S/c1-18(2)33-29(37)20(4)34(16-21-8-9-22(30)14-25(21)32)28(36)17-35(26-15-23(31)10-13-27(26)40-5)41(38,39)24-11-6-19(3)7-12-24/h6-15,18,20H,16-17H2,1-5H3,(H,33,37)/t20-/m1/s1. The van der Waals surface area contributed by atoms with Crippen molar-refractivity contribution in [2.45, 2.75) is 51.2 Å². The Bertz CT molecular complexity index is 1510. The van der Waals surface area contributed by atoms with Crippen LogP contribution < -0.4 is 14.4 Å². The van der Waals surface area contributed by atoms with Gasteiger partial charge >= 0.3 is 0 Å². The van der Waals surface area contributed by atoms with Gasteiger partial charge in [-0.2, -0.15) is 0 Å². The molecule has 0 bridgehead atoms. The highest BCUT2D eigenvalue weighted by Gasteiger charge is 2.34. The van der Waals surface area contributed by atoms with Crippen LogP contribution in [0.2, 0.25) is 15.1 Å². The van der Waals surface area contributed by atoms with Crippen molar-refractivity contribution in [3.05, 3.63) is 86.9 Å². The highest BCUT2D eigenvalue weighted by atomic mass is 35.5. The van der Waals surface area contributed by atoms with Crippen LogP contribution in [0.3, 0.4) is 0 Å². The number of amides is 2. The molecule has 0 radical (unpaired) electrons. The van der Waals surface area contributed by atoms with Crippen molar-refractivity contribution < 1.29 is 22.7 Å². The van der Waals surface area contributed by atoms with Gasteiger partial charge in [-0.3, -0.25) is 13.9 Å². The van der Waals surface area contributed by atoms with Crippen LogP contribution in [0.4, 0.5) is 5.69 Å². The zero-order valence-electron chi connectivity index (χ0n) is 23.3.